The van der Waals surface area contributed by atoms with Crippen molar-refractivity contribution in [3.05, 3.63) is 107 Å². The number of anilines is 1. The molecular formula is C29H29NO5. The van der Waals surface area contributed by atoms with Crippen molar-refractivity contribution in [2.75, 3.05) is 12.4 Å². The Morgan fingerprint density at radius 2 is 1.51 bits per heavy atom. The molecule has 180 valence electrons. The molecule has 4 rings (SSSR count). The number of carbonyl (C=O) groups excluding carboxylic acids is 2. The second-order valence-electron chi connectivity index (χ2n) is 7.62. The summed E-state index contributed by atoms with van der Waals surface area (Å²) in [5.74, 6) is -0.211. The lowest BCUT2D eigenvalue weighted by atomic mass is 9.98. The zero-order valence-electron chi connectivity index (χ0n) is 19.8. The number of benzene rings is 4. The molecule has 0 fully saturated rings. The van der Waals surface area contributed by atoms with Crippen LogP contribution in [0.1, 0.15) is 33.5 Å². The van der Waals surface area contributed by atoms with E-state index in [0.717, 1.165) is 29.0 Å². The highest BCUT2D eigenvalue weighted by molar-refractivity contribution is 6.12. The molecule has 4 aromatic carbocycles. The standard InChI is InChI=1S/C20H16O3.C8H11N.CH2O2/c21-11-3-4-14-7-8-16-13-17(10-9-15(16)12-14)20(23)18-5-1-2-6-19(18)22;1-7-5-3-4-6-8(7)9-2;2-1-3/h1-2,5-13,22H,3-4H2;3-6,9H,1-2H3;1H,(H,2,3). The van der Waals surface area contributed by atoms with Crippen molar-refractivity contribution in [3.63, 3.8) is 0 Å². The molecule has 35 heavy (non-hydrogen) atoms. The van der Waals surface area contributed by atoms with Gasteiger partial charge in [-0.15, -0.1) is 0 Å². The number of nitrogens with one attached hydrogen (secondary N) is 1. The lowest BCUT2D eigenvalue weighted by Gasteiger charge is -2.06. The molecule has 0 spiro atoms. The van der Waals surface area contributed by atoms with Crippen LogP contribution in [0.15, 0.2) is 84.9 Å². The number of para-hydroxylation sites is 2. The van der Waals surface area contributed by atoms with Gasteiger partial charge in [0.1, 0.15) is 12.0 Å². The third kappa shape index (κ3) is 7.82. The molecular weight excluding hydrogens is 442 g/mol. The maximum absolute atomic E-state index is 12.5. The summed E-state index contributed by atoms with van der Waals surface area (Å²) >= 11 is 0. The monoisotopic (exact) mass is 471 g/mol. The third-order valence-corrected chi connectivity index (χ3v) is 5.28. The first-order valence-corrected chi connectivity index (χ1v) is 11.0. The lowest BCUT2D eigenvalue weighted by molar-refractivity contribution is -0.122. The van der Waals surface area contributed by atoms with Gasteiger partial charge in [0.25, 0.3) is 6.47 Å². The summed E-state index contributed by atoms with van der Waals surface area (Å²) in [4.78, 5) is 31.3. The summed E-state index contributed by atoms with van der Waals surface area (Å²) in [7, 11) is 1.93. The lowest BCUT2D eigenvalue weighted by Crippen LogP contribution is -2.01. The van der Waals surface area contributed by atoms with Gasteiger partial charge < -0.3 is 20.3 Å². The normalized spacial score (nSPS) is 9.66. The summed E-state index contributed by atoms with van der Waals surface area (Å²) in [5.41, 5.74) is 4.44. The predicted molar refractivity (Wildman–Crippen MR) is 139 cm³/mol. The Hall–Kier alpha value is -4.45. The zero-order chi connectivity index (χ0) is 25.6. The highest BCUT2D eigenvalue weighted by Crippen LogP contribution is 2.23. The van der Waals surface area contributed by atoms with Gasteiger partial charge in [-0.1, -0.05) is 60.7 Å². The Kier molecular flexibility index (Phi) is 10.7. The number of phenolic OH excluding ortho intramolecular Hbond substituents is 1. The minimum Gasteiger partial charge on any atom is -0.507 e. The number of carboxylic acid groups (broad SMARTS) is 1. The first-order valence-electron chi connectivity index (χ1n) is 11.0. The van der Waals surface area contributed by atoms with Crippen LogP contribution in [0.2, 0.25) is 0 Å². The fourth-order valence-electron chi connectivity index (χ4n) is 3.49. The van der Waals surface area contributed by atoms with Crippen molar-refractivity contribution in [2.45, 2.75) is 19.8 Å². The largest absolute Gasteiger partial charge is 0.507 e. The minimum absolute atomic E-state index is 0.0122. The fraction of sp³-hybridized carbons (Fsp3) is 0.138. The molecule has 0 amide bonds. The van der Waals surface area contributed by atoms with Crippen LogP contribution in [-0.4, -0.2) is 35.8 Å². The topological polar surface area (TPSA) is 104 Å². The summed E-state index contributed by atoms with van der Waals surface area (Å²) < 4.78 is 0. The van der Waals surface area contributed by atoms with Crippen molar-refractivity contribution in [2.24, 2.45) is 0 Å². The SMILES string of the molecule is CNc1ccccc1C.O=CCCc1ccc2cc(C(=O)c3ccccc3O)ccc2c1.O=CO. The Balaban J connectivity index is 0.000000299. The summed E-state index contributed by atoms with van der Waals surface area (Å²) in [6.07, 6.45) is 2.14. The van der Waals surface area contributed by atoms with E-state index >= 15 is 0 Å². The van der Waals surface area contributed by atoms with E-state index in [2.05, 4.69) is 24.4 Å². The van der Waals surface area contributed by atoms with E-state index in [1.807, 2.05) is 49.5 Å². The highest BCUT2D eigenvalue weighted by Gasteiger charge is 2.13. The predicted octanol–water partition coefficient (Wildman–Crippen LogP) is 5.65. The Morgan fingerprint density at radius 3 is 2.14 bits per heavy atom. The summed E-state index contributed by atoms with van der Waals surface area (Å²) in [6, 6.07) is 26.2. The molecule has 0 bridgehead atoms. The van der Waals surface area contributed by atoms with Gasteiger partial charge in [-0.05, 0) is 59.5 Å². The van der Waals surface area contributed by atoms with Gasteiger partial charge in [0.15, 0.2) is 5.78 Å². The van der Waals surface area contributed by atoms with Crippen molar-refractivity contribution < 1.29 is 24.6 Å². The molecule has 3 N–H and O–H groups in total. The number of hydrogen-bond donors (Lipinski definition) is 3. The number of aryl methyl sites for hydroxylation is 2. The number of rotatable bonds is 6. The average Bonchev–Trinajstić information content (AvgIpc) is 2.88. The maximum Gasteiger partial charge on any atom is 0.290 e. The van der Waals surface area contributed by atoms with E-state index in [9.17, 15) is 14.7 Å². The second kappa shape index (κ2) is 14.0. The van der Waals surface area contributed by atoms with E-state index < -0.39 is 0 Å². The van der Waals surface area contributed by atoms with Gasteiger partial charge in [0.2, 0.25) is 0 Å². The van der Waals surface area contributed by atoms with Crippen LogP contribution in [0.4, 0.5) is 5.69 Å². The van der Waals surface area contributed by atoms with Crippen LogP contribution in [0, 0.1) is 6.92 Å². The van der Waals surface area contributed by atoms with Gasteiger partial charge in [-0.25, -0.2) is 0 Å². The number of phenols is 1. The molecule has 0 saturated carbocycles. The first kappa shape index (κ1) is 26.8. The molecule has 4 aromatic rings. The first-order chi connectivity index (χ1) is 16.9. The minimum atomic E-state index is -0.250. The molecule has 0 aliphatic carbocycles. The molecule has 0 saturated heterocycles. The molecule has 6 nitrogen and oxygen atoms in total. The van der Waals surface area contributed by atoms with Crippen LogP contribution in [0.5, 0.6) is 5.75 Å². The van der Waals surface area contributed by atoms with Gasteiger partial charge in [0, 0.05) is 24.7 Å². The molecule has 0 aliphatic heterocycles. The molecule has 0 unspecified atom stereocenters. The van der Waals surface area contributed by atoms with E-state index in [-0.39, 0.29) is 18.0 Å². The number of aldehydes is 1. The summed E-state index contributed by atoms with van der Waals surface area (Å²) in [6.45, 7) is 1.84. The van der Waals surface area contributed by atoms with Crippen LogP contribution in [0.25, 0.3) is 10.8 Å². The molecule has 0 aliphatic rings. The van der Waals surface area contributed by atoms with Crippen molar-refractivity contribution in [3.8, 4) is 5.75 Å². The second-order valence-corrected chi connectivity index (χ2v) is 7.62. The number of ketones is 1. The number of fused-ring (bicyclic) bond motifs is 1. The molecule has 0 heterocycles. The van der Waals surface area contributed by atoms with Crippen molar-refractivity contribution >= 4 is 35.0 Å². The smallest absolute Gasteiger partial charge is 0.290 e. The molecule has 6 heteroatoms. The van der Waals surface area contributed by atoms with E-state index in [1.165, 1.54) is 17.3 Å². The average molecular weight is 472 g/mol. The quantitative estimate of drug-likeness (QED) is 0.248. The van der Waals surface area contributed by atoms with Crippen LogP contribution < -0.4 is 5.32 Å². The van der Waals surface area contributed by atoms with Crippen LogP contribution in [-0.2, 0) is 16.0 Å². The van der Waals surface area contributed by atoms with Gasteiger partial charge in [-0.3, -0.25) is 9.59 Å². The van der Waals surface area contributed by atoms with E-state index in [4.69, 9.17) is 9.90 Å². The molecule has 0 radical (unpaired) electrons. The molecule has 0 aromatic heterocycles. The maximum atomic E-state index is 12.5. The van der Waals surface area contributed by atoms with Crippen molar-refractivity contribution in [1.29, 1.82) is 0 Å². The Bertz CT molecular complexity index is 1280. The van der Waals surface area contributed by atoms with E-state index in [0.29, 0.717) is 17.5 Å². The number of carbonyl (C=O) groups is 3. The number of aromatic hydroxyl groups is 1. The van der Waals surface area contributed by atoms with Crippen LogP contribution >= 0.6 is 0 Å². The van der Waals surface area contributed by atoms with Crippen LogP contribution in [0.3, 0.4) is 0 Å². The third-order valence-electron chi connectivity index (χ3n) is 5.28. The fourth-order valence-corrected chi connectivity index (χ4v) is 3.49. The summed E-state index contributed by atoms with van der Waals surface area (Å²) in [5, 5.41) is 21.8. The Morgan fingerprint density at radius 1 is 0.886 bits per heavy atom. The van der Waals surface area contributed by atoms with Gasteiger partial charge in [0.05, 0.1) is 5.56 Å². The Labute approximate surface area is 204 Å². The zero-order valence-corrected chi connectivity index (χ0v) is 19.8. The van der Waals surface area contributed by atoms with Crippen molar-refractivity contribution in [1.82, 2.24) is 0 Å². The highest BCUT2D eigenvalue weighted by atomic mass is 16.3. The number of hydrogen-bond acceptors (Lipinski definition) is 5. The van der Waals surface area contributed by atoms with Gasteiger partial charge >= 0.3 is 0 Å². The van der Waals surface area contributed by atoms with E-state index in [1.54, 1.807) is 24.3 Å². The molecule has 0 atom stereocenters. The van der Waals surface area contributed by atoms with Gasteiger partial charge in [-0.2, -0.15) is 0 Å².